The van der Waals surface area contributed by atoms with E-state index in [1.54, 1.807) is 6.07 Å². The summed E-state index contributed by atoms with van der Waals surface area (Å²) in [4.78, 5) is 0. The Morgan fingerprint density at radius 3 is 1.92 bits per heavy atom. The fourth-order valence-electron chi connectivity index (χ4n) is 2.85. The molecule has 26 heavy (non-hydrogen) atoms. The number of hydrogen-bond donors (Lipinski definition) is 0. The molecule has 0 aromatic carbocycles. The predicted molar refractivity (Wildman–Crippen MR) is 105 cm³/mol. The van der Waals surface area contributed by atoms with Crippen molar-refractivity contribution in [1.29, 1.82) is 0 Å². The molecule has 0 radical (unpaired) electrons. The van der Waals surface area contributed by atoms with E-state index >= 15 is 0 Å². The molecule has 152 valence electrons. The summed E-state index contributed by atoms with van der Waals surface area (Å²) in [6.07, 6.45) is 16.8. The molecule has 5 nitrogen and oxygen atoms in total. The molecule has 0 saturated heterocycles. The van der Waals surface area contributed by atoms with Crippen molar-refractivity contribution >= 4 is 10.1 Å². The molecule has 0 fully saturated rings. The van der Waals surface area contributed by atoms with E-state index in [0.717, 1.165) is 12.7 Å². The molecule has 0 N–H and O–H groups in total. The molecule has 6 heteroatoms. The van der Waals surface area contributed by atoms with Crippen LogP contribution in [0.5, 0.6) is 5.95 Å². The van der Waals surface area contributed by atoms with Gasteiger partial charge in [-0.15, -0.1) is 0 Å². The summed E-state index contributed by atoms with van der Waals surface area (Å²) in [6.45, 7) is 3.29. The van der Waals surface area contributed by atoms with Crippen LogP contribution in [0.3, 0.4) is 0 Å². The third kappa shape index (κ3) is 13.2. The first-order valence-corrected chi connectivity index (χ1v) is 11.9. The molecule has 0 aliphatic heterocycles. The van der Waals surface area contributed by atoms with Crippen LogP contribution in [-0.2, 0) is 21.5 Å². The van der Waals surface area contributed by atoms with Gasteiger partial charge in [-0.1, -0.05) is 77.6 Å². The maximum atomic E-state index is 11.0. The van der Waals surface area contributed by atoms with E-state index in [9.17, 15) is 8.42 Å². The lowest BCUT2D eigenvalue weighted by molar-refractivity contribution is 0.101. The van der Waals surface area contributed by atoms with Crippen LogP contribution in [0.15, 0.2) is 16.5 Å². The topological polar surface area (TPSA) is 65.7 Å². The van der Waals surface area contributed by atoms with Gasteiger partial charge in [0.05, 0.1) is 6.26 Å². The van der Waals surface area contributed by atoms with Crippen LogP contribution in [0.1, 0.15) is 89.7 Å². The lowest BCUT2D eigenvalue weighted by Crippen LogP contribution is -2.04. The maximum Gasteiger partial charge on any atom is 0.308 e. The molecule has 0 aliphatic carbocycles. The van der Waals surface area contributed by atoms with Gasteiger partial charge in [0.2, 0.25) is 0 Å². The van der Waals surface area contributed by atoms with Gasteiger partial charge >= 0.3 is 16.1 Å². The molecule has 0 atom stereocenters. The quantitative estimate of drug-likeness (QED) is 0.248. The molecule has 0 spiro atoms. The van der Waals surface area contributed by atoms with Crippen molar-refractivity contribution < 1.29 is 21.8 Å². The van der Waals surface area contributed by atoms with Crippen LogP contribution in [0.25, 0.3) is 0 Å². The zero-order chi connectivity index (χ0) is 19.1. The van der Waals surface area contributed by atoms with Crippen LogP contribution in [0, 0.1) is 0 Å². The molecule has 1 rings (SSSR count). The van der Waals surface area contributed by atoms with Gasteiger partial charge < -0.3 is 13.3 Å². The SMILES string of the molecule is CCCCCCCCCCCCCCOCc1ccc(OS(C)(=O)=O)o1. The van der Waals surface area contributed by atoms with Crippen molar-refractivity contribution in [2.45, 2.75) is 90.6 Å². The van der Waals surface area contributed by atoms with Crippen molar-refractivity contribution in [1.82, 2.24) is 0 Å². The second kappa shape index (κ2) is 14.1. The Balaban J connectivity index is 1.88. The highest BCUT2D eigenvalue weighted by molar-refractivity contribution is 7.86. The van der Waals surface area contributed by atoms with Gasteiger partial charge in [-0.05, 0) is 12.5 Å². The Morgan fingerprint density at radius 2 is 1.38 bits per heavy atom. The Morgan fingerprint density at radius 1 is 0.846 bits per heavy atom. The first kappa shape index (κ1) is 23.0. The summed E-state index contributed by atoms with van der Waals surface area (Å²) >= 11 is 0. The van der Waals surface area contributed by atoms with E-state index < -0.39 is 10.1 Å². The van der Waals surface area contributed by atoms with Crippen LogP contribution < -0.4 is 4.18 Å². The van der Waals surface area contributed by atoms with Gasteiger partial charge in [0.1, 0.15) is 12.4 Å². The standard InChI is InChI=1S/C20H36O5S/c1-3-4-5-6-7-8-9-10-11-12-13-14-17-23-18-19-15-16-20(24-19)25-26(2,21)22/h15-16H,3-14,17-18H2,1-2H3. The summed E-state index contributed by atoms with van der Waals surface area (Å²) in [6, 6.07) is 3.16. The molecular formula is C20H36O5S. The third-order valence-electron chi connectivity index (χ3n) is 4.26. The van der Waals surface area contributed by atoms with E-state index in [2.05, 4.69) is 11.1 Å². The van der Waals surface area contributed by atoms with E-state index in [4.69, 9.17) is 9.15 Å². The molecule has 0 amide bonds. The van der Waals surface area contributed by atoms with E-state index in [1.165, 1.54) is 76.7 Å². The predicted octanol–water partition coefficient (Wildman–Crippen LogP) is 5.84. The molecule has 1 heterocycles. The maximum absolute atomic E-state index is 11.0. The Kier molecular flexibility index (Phi) is 12.5. The van der Waals surface area contributed by atoms with Crippen molar-refractivity contribution in [3.63, 3.8) is 0 Å². The van der Waals surface area contributed by atoms with Gasteiger partial charge in [0.15, 0.2) is 0 Å². The van der Waals surface area contributed by atoms with E-state index in [0.29, 0.717) is 19.0 Å². The minimum atomic E-state index is -3.55. The van der Waals surface area contributed by atoms with Crippen molar-refractivity contribution in [3.8, 4) is 5.95 Å². The smallest absolute Gasteiger partial charge is 0.308 e. The monoisotopic (exact) mass is 388 g/mol. The zero-order valence-electron chi connectivity index (χ0n) is 16.5. The average molecular weight is 389 g/mol. The van der Waals surface area contributed by atoms with Crippen LogP contribution >= 0.6 is 0 Å². The van der Waals surface area contributed by atoms with Crippen LogP contribution in [-0.4, -0.2) is 21.3 Å². The van der Waals surface area contributed by atoms with Gasteiger partial charge in [0.25, 0.3) is 0 Å². The fraction of sp³-hybridized carbons (Fsp3) is 0.800. The first-order valence-electron chi connectivity index (χ1n) is 10.1. The van der Waals surface area contributed by atoms with Gasteiger partial charge in [-0.3, -0.25) is 0 Å². The summed E-state index contributed by atoms with van der Waals surface area (Å²) in [7, 11) is -3.55. The summed E-state index contributed by atoms with van der Waals surface area (Å²) in [5.74, 6) is 0.555. The Labute approximate surface area is 159 Å². The second-order valence-corrected chi connectivity index (χ2v) is 8.52. The van der Waals surface area contributed by atoms with Gasteiger partial charge in [-0.25, -0.2) is 0 Å². The lowest BCUT2D eigenvalue weighted by atomic mass is 10.1. The molecule has 0 unspecified atom stereocenters. The number of rotatable bonds is 17. The summed E-state index contributed by atoms with van der Waals surface area (Å²) in [5.41, 5.74) is 0. The van der Waals surface area contributed by atoms with Crippen molar-refractivity contribution in [2.24, 2.45) is 0 Å². The average Bonchev–Trinajstić information content (AvgIpc) is 3.00. The van der Waals surface area contributed by atoms with E-state index in [1.807, 2.05) is 0 Å². The number of hydrogen-bond acceptors (Lipinski definition) is 5. The number of furan rings is 1. The summed E-state index contributed by atoms with van der Waals surface area (Å²) < 4.78 is 37.4. The highest BCUT2D eigenvalue weighted by Gasteiger charge is 2.09. The molecule has 0 bridgehead atoms. The Bertz CT molecular complexity index is 550. The molecule has 1 aromatic rings. The molecular weight excluding hydrogens is 352 g/mol. The molecule has 1 aromatic heterocycles. The minimum absolute atomic E-state index is 0.0172. The first-order chi connectivity index (χ1) is 12.5. The summed E-state index contributed by atoms with van der Waals surface area (Å²) in [5, 5.41) is 0. The Hall–Kier alpha value is -1.01. The van der Waals surface area contributed by atoms with Crippen molar-refractivity contribution in [2.75, 3.05) is 12.9 Å². The fourth-order valence-corrected chi connectivity index (χ4v) is 3.24. The van der Waals surface area contributed by atoms with Crippen LogP contribution in [0.2, 0.25) is 0 Å². The zero-order valence-corrected chi connectivity index (χ0v) is 17.3. The third-order valence-corrected chi connectivity index (χ3v) is 4.72. The van der Waals surface area contributed by atoms with Gasteiger partial charge in [-0.2, -0.15) is 8.42 Å². The van der Waals surface area contributed by atoms with Crippen LogP contribution in [0.4, 0.5) is 0 Å². The molecule has 0 aliphatic rings. The number of unbranched alkanes of at least 4 members (excludes halogenated alkanes) is 11. The van der Waals surface area contributed by atoms with Gasteiger partial charge in [0, 0.05) is 12.7 Å². The highest BCUT2D eigenvalue weighted by Crippen LogP contribution is 2.18. The lowest BCUT2D eigenvalue weighted by Gasteiger charge is -2.04. The minimum Gasteiger partial charge on any atom is -0.427 e. The number of ether oxygens (including phenoxy) is 1. The largest absolute Gasteiger partial charge is 0.427 e. The second-order valence-electron chi connectivity index (χ2n) is 6.95. The van der Waals surface area contributed by atoms with E-state index in [-0.39, 0.29) is 5.95 Å². The normalized spacial score (nSPS) is 11.8. The molecule has 0 saturated carbocycles. The van der Waals surface area contributed by atoms with Crippen molar-refractivity contribution in [3.05, 3.63) is 17.9 Å². The highest BCUT2D eigenvalue weighted by atomic mass is 32.2.